The predicted molar refractivity (Wildman–Crippen MR) is 86.6 cm³/mol. The minimum absolute atomic E-state index is 0. The number of aryl methyl sites for hydroxylation is 2. The molecule has 2 aromatic rings. The first-order valence-electron chi connectivity index (χ1n) is 6.83. The first-order valence-corrected chi connectivity index (χ1v) is 6.83. The number of hydrogen-bond donors (Lipinski definition) is 2. The Morgan fingerprint density at radius 1 is 0.909 bits per heavy atom. The highest BCUT2D eigenvalue weighted by Crippen LogP contribution is 2.00. The van der Waals surface area contributed by atoms with Crippen LogP contribution in [0.25, 0.3) is 0 Å². The molecule has 0 fully saturated rings. The van der Waals surface area contributed by atoms with Gasteiger partial charge in [-0.15, -0.1) is 0 Å². The largest absolute Gasteiger partial charge is 0.481 e. The van der Waals surface area contributed by atoms with Gasteiger partial charge in [-0.2, -0.15) is 0 Å². The molecular formula is C17H24N2O3. The van der Waals surface area contributed by atoms with Gasteiger partial charge in [0, 0.05) is 37.8 Å². The molecule has 22 heavy (non-hydrogen) atoms. The van der Waals surface area contributed by atoms with E-state index in [4.69, 9.17) is 10.2 Å². The Morgan fingerprint density at radius 3 is 1.77 bits per heavy atom. The third-order valence-electron chi connectivity index (χ3n) is 2.75. The summed E-state index contributed by atoms with van der Waals surface area (Å²) in [7, 11) is 0. The standard InChI is InChI=1S/C8H9NO2.C8H11NO.CH4/c10-8(11)2-1-7-3-5-9-6-4-7;10-7-1-2-8-3-5-9-6-4-8;/h3-6H,1-2H2,(H,10,11);3-6,10H,1-2,7H2;1H4. The van der Waals surface area contributed by atoms with Crippen molar-refractivity contribution < 1.29 is 15.0 Å². The minimum atomic E-state index is -0.762. The van der Waals surface area contributed by atoms with Crippen molar-refractivity contribution in [1.82, 2.24) is 9.97 Å². The van der Waals surface area contributed by atoms with E-state index in [0.717, 1.165) is 18.4 Å². The Morgan fingerprint density at radius 2 is 1.36 bits per heavy atom. The smallest absolute Gasteiger partial charge is 0.303 e. The van der Waals surface area contributed by atoms with Gasteiger partial charge in [-0.3, -0.25) is 14.8 Å². The first-order chi connectivity index (χ1) is 10.2. The molecule has 120 valence electrons. The van der Waals surface area contributed by atoms with Gasteiger partial charge >= 0.3 is 5.97 Å². The summed E-state index contributed by atoms with van der Waals surface area (Å²) in [6.45, 7) is 0.266. The quantitative estimate of drug-likeness (QED) is 0.857. The lowest BCUT2D eigenvalue weighted by Crippen LogP contribution is -1.96. The van der Waals surface area contributed by atoms with E-state index in [0.29, 0.717) is 6.42 Å². The van der Waals surface area contributed by atoms with Gasteiger partial charge in [0.1, 0.15) is 0 Å². The number of aliphatic carboxylic acids is 1. The zero-order valence-corrected chi connectivity index (χ0v) is 11.9. The van der Waals surface area contributed by atoms with Gasteiger partial charge in [0.15, 0.2) is 0 Å². The van der Waals surface area contributed by atoms with Crippen LogP contribution >= 0.6 is 0 Å². The Balaban J connectivity index is 0.000000385. The van der Waals surface area contributed by atoms with Gasteiger partial charge < -0.3 is 10.2 Å². The van der Waals surface area contributed by atoms with Crippen LogP contribution in [0.3, 0.4) is 0 Å². The molecule has 2 heterocycles. The van der Waals surface area contributed by atoms with E-state index in [9.17, 15) is 4.79 Å². The van der Waals surface area contributed by atoms with Crippen molar-refractivity contribution in [2.45, 2.75) is 33.1 Å². The molecule has 0 aliphatic heterocycles. The lowest BCUT2D eigenvalue weighted by Gasteiger charge is -1.95. The van der Waals surface area contributed by atoms with Gasteiger partial charge in [0.05, 0.1) is 0 Å². The normalized spacial score (nSPS) is 9.14. The van der Waals surface area contributed by atoms with Gasteiger partial charge in [-0.25, -0.2) is 0 Å². The fourth-order valence-corrected chi connectivity index (χ4v) is 1.63. The molecule has 0 aromatic carbocycles. The minimum Gasteiger partial charge on any atom is -0.481 e. The fraction of sp³-hybridized carbons (Fsp3) is 0.353. The van der Waals surface area contributed by atoms with Gasteiger partial charge in [0.2, 0.25) is 0 Å². The predicted octanol–water partition coefficient (Wildman–Crippen LogP) is 2.74. The van der Waals surface area contributed by atoms with E-state index in [-0.39, 0.29) is 20.5 Å². The number of carboxylic acids is 1. The van der Waals surface area contributed by atoms with Crippen molar-refractivity contribution in [3.05, 3.63) is 60.2 Å². The van der Waals surface area contributed by atoms with E-state index in [2.05, 4.69) is 9.97 Å². The average molecular weight is 304 g/mol. The van der Waals surface area contributed by atoms with Crippen molar-refractivity contribution >= 4 is 5.97 Å². The number of aromatic nitrogens is 2. The summed E-state index contributed by atoms with van der Waals surface area (Å²) in [6.07, 6.45) is 9.42. The SMILES string of the molecule is C.O=C(O)CCc1ccncc1.OCCCc1ccncc1. The van der Waals surface area contributed by atoms with Gasteiger partial charge in [-0.1, -0.05) is 7.43 Å². The van der Waals surface area contributed by atoms with Crippen molar-refractivity contribution in [3.8, 4) is 0 Å². The van der Waals surface area contributed by atoms with Gasteiger partial charge in [0.25, 0.3) is 0 Å². The van der Waals surface area contributed by atoms with Gasteiger partial charge in [-0.05, 0) is 54.7 Å². The lowest BCUT2D eigenvalue weighted by molar-refractivity contribution is -0.136. The van der Waals surface area contributed by atoms with Crippen LogP contribution < -0.4 is 0 Å². The molecule has 5 heteroatoms. The molecule has 0 unspecified atom stereocenters. The van der Waals surface area contributed by atoms with Crippen LogP contribution in [0.5, 0.6) is 0 Å². The van der Waals surface area contributed by atoms with Crippen molar-refractivity contribution in [2.75, 3.05) is 6.61 Å². The molecule has 0 bridgehead atoms. The molecule has 2 aromatic heterocycles. The van der Waals surface area contributed by atoms with Crippen molar-refractivity contribution in [2.24, 2.45) is 0 Å². The van der Waals surface area contributed by atoms with Crippen molar-refractivity contribution in [1.29, 1.82) is 0 Å². The van der Waals surface area contributed by atoms with E-state index in [1.54, 1.807) is 24.8 Å². The molecule has 0 aliphatic rings. The number of aliphatic hydroxyl groups is 1. The Hall–Kier alpha value is -2.27. The van der Waals surface area contributed by atoms with Crippen LogP contribution in [0.1, 0.15) is 31.4 Å². The second-order valence-corrected chi connectivity index (χ2v) is 4.43. The monoisotopic (exact) mass is 304 g/mol. The number of hydrogen-bond acceptors (Lipinski definition) is 4. The molecule has 2 N–H and O–H groups in total. The first kappa shape index (κ1) is 19.7. The molecule has 0 saturated heterocycles. The summed E-state index contributed by atoms with van der Waals surface area (Å²) >= 11 is 0. The molecule has 0 radical (unpaired) electrons. The maximum atomic E-state index is 10.2. The Labute approximate surface area is 131 Å². The number of pyridine rings is 2. The molecule has 0 saturated carbocycles. The van der Waals surface area contributed by atoms with Crippen LogP contribution in [0, 0.1) is 0 Å². The zero-order chi connectivity index (χ0) is 15.3. The van der Waals surface area contributed by atoms with E-state index in [1.165, 1.54) is 5.56 Å². The summed E-state index contributed by atoms with van der Waals surface area (Å²) in [5.74, 6) is -0.762. The van der Waals surface area contributed by atoms with Crippen LogP contribution in [-0.4, -0.2) is 32.8 Å². The number of carboxylic acid groups (broad SMARTS) is 1. The third kappa shape index (κ3) is 9.61. The van der Waals surface area contributed by atoms with Crippen LogP contribution in [-0.2, 0) is 17.6 Å². The van der Waals surface area contributed by atoms with Crippen LogP contribution in [0.15, 0.2) is 49.1 Å². The number of carbonyl (C=O) groups is 1. The molecule has 0 amide bonds. The third-order valence-corrected chi connectivity index (χ3v) is 2.75. The van der Waals surface area contributed by atoms with E-state index < -0.39 is 5.97 Å². The highest BCUT2D eigenvalue weighted by atomic mass is 16.4. The molecule has 5 nitrogen and oxygen atoms in total. The topological polar surface area (TPSA) is 83.3 Å². The molecule has 2 rings (SSSR count). The lowest BCUT2D eigenvalue weighted by atomic mass is 10.1. The summed E-state index contributed by atoms with van der Waals surface area (Å²) in [6, 6.07) is 7.58. The average Bonchev–Trinajstić information content (AvgIpc) is 2.53. The summed E-state index contributed by atoms with van der Waals surface area (Å²) in [5.41, 5.74) is 2.26. The summed E-state index contributed by atoms with van der Waals surface area (Å²) in [4.78, 5) is 17.9. The second-order valence-electron chi connectivity index (χ2n) is 4.43. The van der Waals surface area contributed by atoms with Crippen molar-refractivity contribution in [3.63, 3.8) is 0 Å². The summed E-state index contributed by atoms with van der Waals surface area (Å²) in [5, 5.41) is 16.9. The zero-order valence-electron chi connectivity index (χ0n) is 11.9. The molecule has 0 spiro atoms. The van der Waals surface area contributed by atoms with Crippen LogP contribution in [0.2, 0.25) is 0 Å². The Bertz CT molecular complexity index is 504. The fourth-order valence-electron chi connectivity index (χ4n) is 1.63. The van der Waals surface area contributed by atoms with E-state index in [1.807, 2.05) is 24.3 Å². The number of rotatable bonds is 6. The highest BCUT2D eigenvalue weighted by molar-refractivity contribution is 5.67. The number of nitrogens with zero attached hydrogens (tertiary/aromatic N) is 2. The Kier molecular flexibility index (Phi) is 11.2. The summed E-state index contributed by atoms with van der Waals surface area (Å²) < 4.78 is 0. The van der Waals surface area contributed by atoms with Crippen LogP contribution in [0.4, 0.5) is 0 Å². The molecule has 0 atom stereocenters. The second kappa shape index (κ2) is 12.5. The molecular weight excluding hydrogens is 280 g/mol. The highest BCUT2D eigenvalue weighted by Gasteiger charge is 1.96. The maximum absolute atomic E-state index is 10.2. The maximum Gasteiger partial charge on any atom is 0.303 e. The van der Waals surface area contributed by atoms with E-state index >= 15 is 0 Å². The molecule has 0 aliphatic carbocycles. The number of aliphatic hydroxyl groups excluding tert-OH is 1.